The van der Waals surface area contributed by atoms with Gasteiger partial charge in [0, 0.05) is 16.2 Å². The van der Waals surface area contributed by atoms with E-state index >= 15 is 0 Å². The van der Waals surface area contributed by atoms with Crippen LogP contribution in [0.2, 0.25) is 0 Å². The summed E-state index contributed by atoms with van der Waals surface area (Å²) in [5.74, 6) is 1.95. The first kappa shape index (κ1) is 22.9. The van der Waals surface area contributed by atoms with Crippen LogP contribution in [0.4, 0.5) is 5.69 Å². The van der Waals surface area contributed by atoms with Crippen molar-refractivity contribution in [3.05, 3.63) is 89.6 Å². The maximum atomic E-state index is 13.2. The summed E-state index contributed by atoms with van der Waals surface area (Å²) in [7, 11) is 1.66. The number of carbonyl (C=O) groups is 1. The van der Waals surface area contributed by atoms with Crippen molar-refractivity contribution in [3.63, 3.8) is 0 Å². The number of amides is 1. The van der Waals surface area contributed by atoms with Crippen LogP contribution in [0, 0.1) is 0 Å². The van der Waals surface area contributed by atoms with E-state index in [4.69, 9.17) is 21.7 Å². The third-order valence-corrected chi connectivity index (χ3v) is 6.39. The molecule has 1 N–H and O–H groups in total. The van der Waals surface area contributed by atoms with Crippen molar-refractivity contribution in [3.8, 4) is 11.5 Å². The highest BCUT2D eigenvalue weighted by Crippen LogP contribution is 2.33. The second-order valence-electron chi connectivity index (χ2n) is 7.20. The molecule has 1 aliphatic heterocycles. The first-order valence-electron chi connectivity index (χ1n) is 10.5. The monoisotopic (exact) mass is 476 g/mol. The predicted molar refractivity (Wildman–Crippen MR) is 138 cm³/mol. The van der Waals surface area contributed by atoms with Gasteiger partial charge in [0.05, 0.1) is 19.4 Å². The number of methoxy groups -OCH3 is 1. The molecule has 0 radical (unpaired) electrons. The van der Waals surface area contributed by atoms with Gasteiger partial charge in [0.25, 0.3) is 5.91 Å². The summed E-state index contributed by atoms with van der Waals surface area (Å²) in [6.07, 6.45) is 1.79. The molecule has 3 aromatic rings. The number of rotatable bonds is 8. The molecule has 168 valence electrons. The Morgan fingerprint density at radius 2 is 1.79 bits per heavy atom. The molecule has 0 spiro atoms. The van der Waals surface area contributed by atoms with Crippen LogP contribution in [0.25, 0.3) is 6.08 Å². The molecule has 1 saturated heterocycles. The van der Waals surface area contributed by atoms with E-state index in [2.05, 4.69) is 17.4 Å². The highest BCUT2D eigenvalue weighted by molar-refractivity contribution is 7.98. The summed E-state index contributed by atoms with van der Waals surface area (Å²) >= 11 is 7.21. The fourth-order valence-electron chi connectivity index (χ4n) is 3.49. The van der Waals surface area contributed by atoms with E-state index in [9.17, 15) is 4.79 Å². The number of benzene rings is 3. The molecule has 5 nitrogen and oxygen atoms in total. The van der Waals surface area contributed by atoms with Crippen molar-refractivity contribution in [1.82, 2.24) is 5.32 Å². The van der Waals surface area contributed by atoms with Gasteiger partial charge in [0.1, 0.15) is 17.2 Å². The molecular formula is C26H24N2O3S2. The smallest absolute Gasteiger partial charge is 0.281 e. The number of nitrogens with zero attached hydrogens (tertiary/aromatic N) is 1. The van der Waals surface area contributed by atoms with Crippen molar-refractivity contribution in [1.29, 1.82) is 0 Å². The molecule has 33 heavy (non-hydrogen) atoms. The maximum Gasteiger partial charge on any atom is 0.281 e. The van der Waals surface area contributed by atoms with Crippen LogP contribution in [-0.2, 0) is 10.5 Å². The van der Waals surface area contributed by atoms with Gasteiger partial charge in [0.2, 0.25) is 0 Å². The van der Waals surface area contributed by atoms with E-state index in [0.29, 0.717) is 28.9 Å². The normalized spacial score (nSPS) is 14.5. The van der Waals surface area contributed by atoms with Gasteiger partial charge in [-0.2, -0.15) is 0 Å². The minimum absolute atomic E-state index is 0.227. The number of nitrogens with one attached hydrogen (secondary N) is 1. The molecule has 0 unspecified atom stereocenters. The molecule has 4 rings (SSSR count). The van der Waals surface area contributed by atoms with Crippen molar-refractivity contribution >= 4 is 46.8 Å². The van der Waals surface area contributed by atoms with Gasteiger partial charge < -0.3 is 14.8 Å². The molecular weight excluding hydrogens is 452 g/mol. The molecule has 0 bridgehead atoms. The van der Waals surface area contributed by atoms with Crippen LogP contribution in [-0.4, -0.2) is 24.7 Å². The quantitative estimate of drug-likeness (QED) is 0.258. The van der Waals surface area contributed by atoms with Gasteiger partial charge in [-0.05, 0) is 61.1 Å². The molecule has 1 amide bonds. The Labute approximate surface area is 203 Å². The molecule has 7 heteroatoms. The highest BCUT2D eigenvalue weighted by atomic mass is 32.2. The predicted octanol–water partition coefficient (Wildman–Crippen LogP) is 5.65. The van der Waals surface area contributed by atoms with E-state index in [1.807, 2.05) is 67.6 Å². The van der Waals surface area contributed by atoms with E-state index in [1.54, 1.807) is 24.9 Å². The minimum atomic E-state index is -0.227. The first-order valence-corrected chi connectivity index (χ1v) is 11.9. The van der Waals surface area contributed by atoms with E-state index in [-0.39, 0.29) is 5.91 Å². The molecule has 1 fully saturated rings. The summed E-state index contributed by atoms with van der Waals surface area (Å²) in [5.41, 5.74) is 2.96. The molecule has 0 saturated carbocycles. The fraction of sp³-hybridized carbons (Fsp3) is 0.154. The Balaban J connectivity index is 1.55. The molecule has 1 heterocycles. The number of carbonyl (C=O) groups excluding carboxylic acids is 1. The minimum Gasteiger partial charge on any atom is -0.496 e. The Morgan fingerprint density at radius 1 is 1.03 bits per heavy atom. The Morgan fingerprint density at radius 3 is 2.55 bits per heavy atom. The second-order valence-corrected chi connectivity index (χ2v) is 8.64. The number of hydrogen-bond acceptors (Lipinski definition) is 5. The van der Waals surface area contributed by atoms with Gasteiger partial charge in [-0.1, -0.05) is 42.5 Å². The number of thioether (sulfide) groups is 1. The molecule has 0 atom stereocenters. The average Bonchev–Trinajstić information content (AvgIpc) is 3.11. The topological polar surface area (TPSA) is 50.8 Å². The summed E-state index contributed by atoms with van der Waals surface area (Å²) in [5, 5.41) is 3.36. The van der Waals surface area contributed by atoms with Crippen LogP contribution >= 0.6 is 24.0 Å². The number of para-hydroxylation sites is 2. The van der Waals surface area contributed by atoms with E-state index in [0.717, 1.165) is 22.6 Å². The highest BCUT2D eigenvalue weighted by Gasteiger charge is 2.33. The van der Waals surface area contributed by atoms with Crippen molar-refractivity contribution in [2.45, 2.75) is 17.6 Å². The third kappa shape index (κ3) is 5.21. The SMILES string of the molecule is CCOc1ccccc1N1C(=O)/C(=C\c2ccc(CSc3ccccc3)c(OC)c2)NC1=S. The maximum absolute atomic E-state index is 13.2. The van der Waals surface area contributed by atoms with Crippen molar-refractivity contribution in [2.24, 2.45) is 0 Å². The Kier molecular flexibility index (Phi) is 7.32. The summed E-state index contributed by atoms with van der Waals surface area (Å²) in [6.45, 7) is 2.40. The van der Waals surface area contributed by atoms with Gasteiger partial charge >= 0.3 is 0 Å². The van der Waals surface area contributed by atoms with Crippen LogP contribution in [0.3, 0.4) is 0 Å². The van der Waals surface area contributed by atoms with Crippen LogP contribution in [0.5, 0.6) is 11.5 Å². The van der Waals surface area contributed by atoms with E-state index in [1.165, 1.54) is 9.80 Å². The molecule has 3 aromatic carbocycles. The third-order valence-electron chi connectivity index (χ3n) is 5.04. The van der Waals surface area contributed by atoms with Gasteiger partial charge in [-0.15, -0.1) is 11.8 Å². The van der Waals surface area contributed by atoms with Crippen LogP contribution in [0.1, 0.15) is 18.1 Å². The molecule has 1 aliphatic rings. The number of hydrogen-bond donors (Lipinski definition) is 1. The Hall–Kier alpha value is -3.29. The fourth-order valence-corrected chi connectivity index (χ4v) is 4.69. The zero-order valence-electron chi connectivity index (χ0n) is 18.4. The summed E-state index contributed by atoms with van der Waals surface area (Å²) in [6, 6.07) is 23.6. The zero-order valence-corrected chi connectivity index (χ0v) is 20.0. The van der Waals surface area contributed by atoms with Gasteiger partial charge in [-0.3, -0.25) is 4.79 Å². The Bertz CT molecular complexity index is 1200. The average molecular weight is 477 g/mol. The standard InChI is InChI=1S/C26H24N2O3S2/c1-3-31-23-12-8-7-11-22(23)28-25(29)21(27-26(28)32)15-18-13-14-19(24(16-18)30-2)17-33-20-9-5-4-6-10-20/h4-16H,3,17H2,1-2H3,(H,27,32)/b21-15+. The largest absolute Gasteiger partial charge is 0.496 e. The summed E-state index contributed by atoms with van der Waals surface area (Å²) < 4.78 is 11.3. The number of thiocarbonyl (C=S) groups is 1. The lowest BCUT2D eigenvalue weighted by molar-refractivity contribution is -0.113. The van der Waals surface area contributed by atoms with Crippen molar-refractivity contribution in [2.75, 3.05) is 18.6 Å². The van der Waals surface area contributed by atoms with Gasteiger partial charge in [0.15, 0.2) is 5.11 Å². The van der Waals surface area contributed by atoms with E-state index < -0.39 is 0 Å². The lowest BCUT2D eigenvalue weighted by Gasteiger charge is -2.17. The second kappa shape index (κ2) is 10.6. The van der Waals surface area contributed by atoms with Crippen LogP contribution in [0.15, 0.2) is 83.4 Å². The van der Waals surface area contributed by atoms with Crippen molar-refractivity contribution < 1.29 is 14.3 Å². The van der Waals surface area contributed by atoms with Crippen LogP contribution < -0.4 is 19.7 Å². The lowest BCUT2D eigenvalue weighted by Crippen LogP contribution is -2.30. The van der Waals surface area contributed by atoms with Gasteiger partial charge in [-0.25, -0.2) is 4.90 Å². The molecule has 0 aliphatic carbocycles. The summed E-state index contributed by atoms with van der Waals surface area (Å²) in [4.78, 5) is 15.8. The first-order chi connectivity index (χ1) is 16.1. The zero-order chi connectivity index (χ0) is 23.2. The number of anilines is 1. The molecule has 0 aromatic heterocycles. The number of ether oxygens (including phenoxy) is 2. The lowest BCUT2D eigenvalue weighted by atomic mass is 10.1.